The Morgan fingerprint density at radius 1 is 0.710 bits per heavy atom. The zero-order chi connectivity index (χ0) is 20.9. The Labute approximate surface area is 183 Å². The minimum Gasteiger partial charge on any atom is -0.489 e. The molecule has 4 aromatic rings. The van der Waals surface area contributed by atoms with Crippen LogP contribution in [0.1, 0.15) is 23.6 Å². The van der Waals surface area contributed by atoms with E-state index in [0.29, 0.717) is 12.6 Å². The van der Waals surface area contributed by atoms with Crippen molar-refractivity contribution in [3.8, 4) is 5.75 Å². The molecule has 0 amide bonds. The summed E-state index contributed by atoms with van der Waals surface area (Å²) < 4.78 is 5.96. The van der Waals surface area contributed by atoms with Gasteiger partial charge in [-0.1, -0.05) is 78.9 Å². The maximum Gasteiger partial charge on any atom is 0.119 e. The second kappa shape index (κ2) is 8.88. The molecule has 1 aliphatic heterocycles. The van der Waals surface area contributed by atoms with Crippen molar-refractivity contribution < 1.29 is 4.74 Å². The number of anilines is 1. The second-order valence-corrected chi connectivity index (χ2v) is 7.63. The van der Waals surface area contributed by atoms with Crippen LogP contribution in [0.3, 0.4) is 0 Å². The molecule has 1 aliphatic rings. The number of rotatable bonds is 6. The van der Waals surface area contributed by atoms with Crippen LogP contribution < -0.4 is 9.64 Å². The molecular formula is C28H24N2O. The molecule has 5 rings (SSSR count). The molecule has 1 heterocycles. The van der Waals surface area contributed by atoms with E-state index in [-0.39, 0.29) is 0 Å². The van der Waals surface area contributed by atoms with E-state index < -0.39 is 0 Å². The zero-order valence-corrected chi connectivity index (χ0v) is 17.3. The number of benzene rings is 4. The van der Waals surface area contributed by atoms with Gasteiger partial charge in [-0.25, -0.2) is 4.99 Å². The van der Waals surface area contributed by atoms with Crippen molar-refractivity contribution in [3.63, 3.8) is 0 Å². The third-order valence-electron chi connectivity index (χ3n) is 5.53. The summed E-state index contributed by atoms with van der Waals surface area (Å²) >= 11 is 0. The minimum atomic E-state index is 0.291. The molecule has 0 bridgehead atoms. The monoisotopic (exact) mass is 404 g/mol. The number of hydrogen-bond acceptors (Lipinski definition) is 2. The smallest absolute Gasteiger partial charge is 0.119 e. The Hall–Kier alpha value is -3.85. The van der Waals surface area contributed by atoms with Crippen LogP contribution in [0.4, 0.5) is 11.4 Å². The maximum atomic E-state index is 5.96. The SMILES string of the molecule is c1ccc(COc2ccc(N3C(=Nc4ccccc4)CC3c3ccccc3)cc2)cc1. The summed E-state index contributed by atoms with van der Waals surface area (Å²) in [5.74, 6) is 1.95. The molecule has 1 fully saturated rings. The number of hydrogen-bond donors (Lipinski definition) is 0. The van der Waals surface area contributed by atoms with Gasteiger partial charge in [0.25, 0.3) is 0 Å². The first-order valence-corrected chi connectivity index (χ1v) is 10.6. The first-order valence-electron chi connectivity index (χ1n) is 10.6. The van der Waals surface area contributed by atoms with Gasteiger partial charge >= 0.3 is 0 Å². The van der Waals surface area contributed by atoms with Crippen LogP contribution in [0.5, 0.6) is 5.75 Å². The molecule has 0 saturated carbocycles. The third kappa shape index (κ3) is 4.36. The van der Waals surface area contributed by atoms with Crippen LogP contribution in [-0.2, 0) is 6.61 Å². The van der Waals surface area contributed by atoms with Crippen molar-refractivity contribution in [2.24, 2.45) is 4.99 Å². The largest absolute Gasteiger partial charge is 0.489 e. The summed E-state index contributed by atoms with van der Waals surface area (Å²) in [6.45, 7) is 0.567. The minimum absolute atomic E-state index is 0.291. The van der Waals surface area contributed by atoms with Crippen molar-refractivity contribution in [1.82, 2.24) is 0 Å². The van der Waals surface area contributed by atoms with Crippen molar-refractivity contribution in [2.75, 3.05) is 4.90 Å². The summed E-state index contributed by atoms with van der Waals surface area (Å²) in [6.07, 6.45) is 0.922. The van der Waals surface area contributed by atoms with Gasteiger partial charge in [0.2, 0.25) is 0 Å². The first kappa shape index (κ1) is 19.1. The predicted molar refractivity (Wildman–Crippen MR) is 127 cm³/mol. The Bertz CT molecular complexity index is 1140. The Morgan fingerprint density at radius 3 is 2.00 bits per heavy atom. The fourth-order valence-electron chi connectivity index (χ4n) is 3.90. The highest BCUT2D eigenvalue weighted by atomic mass is 16.5. The normalized spacial score (nSPS) is 16.7. The molecule has 1 atom stereocenters. The van der Waals surface area contributed by atoms with Crippen LogP contribution >= 0.6 is 0 Å². The van der Waals surface area contributed by atoms with Gasteiger partial charge in [-0.3, -0.25) is 0 Å². The molecule has 1 saturated heterocycles. The summed E-state index contributed by atoms with van der Waals surface area (Å²) in [4.78, 5) is 7.23. The van der Waals surface area contributed by atoms with Crippen LogP contribution in [0, 0.1) is 0 Å². The van der Waals surface area contributed by atoms with Gasteiger partial charge in [0, 0.05) is 12.1 Å². The molecular weight excluding hydrogens is 380 g/mol. The van der Waals surface area contributed by atoms with Crippen LogP contribution in [0.25, 0.3) is 0 Å². The van der Waals surface area contributed by atoms with Gasteiger partial charge in [0.1, 0.15) is 18.2 Å². The van der Waals surface area contributed by atoms with Gasteiger partial charge in [-0.15, -0.1) is 0 Å². The van der Waals surface area contributed by atoms with Crippen molar-refractivity contribution in [1.29, 1.82) is 0 Å². The Balaban J connectivity index is 1.38. The fraction of sp³-hybridized carbons (Fsp3) is 0.107. The third-order valence-corrected chi connectivity index (χ3v) is 5.53. The predicted octanol–water partition coefficient (Wildman–Crippen LogP) is 6.95. The van der Waals surface area contributed by atoms with Gasteiger partial charge < -0.3 is 9.64 Å². The molecule has 0 spiro atoms. The summed E-state index contributed by atoms with van der Waals surface area (Å²) in [5, 5.41) is 0. The van der Waals surface area contributed by atoms with Crippen LogP contribution in [-0.4, -0.2) is 5.84 Å². The van der Waals surface area contributed by atoms with E-state index in [2.05, 4.69) is 59.5 Å². The molecule has 3 nitrogen and oxygen atoms in total. The Kier molecular flexibility index (Phi) is 5.48. The van der Waals surface area contributed by atoms with Crippen molar-refractivity contribution in [3.05, 3.63) is 126 Å². The summed E-state index contributed by atoms with van der Waals surface area (Å²) in [6, 6.07) is 39.6. The summed E-state index contributed by atoms with van der Waals surface area (Å²) in [5.41, 5.74) is 4.58. The zero-order valence-electron chi connectivity index (χ0n) is 17.3. The lowest BCUT2D eigenvalue weighted by Gasteiger charge is -2.44. The van der Waals surface area contributed by atoms with E-state index in [1.807, 2.05) is 60.7 Å². The van der Waals surface area contributed by atoms with Gasteiger partial charge in [0.05, 0.1) is 11.7 Å². The van der Waals surface area contributed by atoms with Crippen molar-refractivity contribution in [2.45, 2.75) is 19.1 Å². The van der Waals surface area contributed by atoms with Gasteiger partial charge in [-0.05, 0) is 47.5 Å². The average Bonchev–Trinajstić information content (AvgIpc) is 2.83. The number of ether oxygens (including phenoxy) is 1. The van der Waals surface area contributed by atoms with Crippen LogP contribution in [0.15, 0.2) is 120 Å². The molecule has 0 aromatic heterocycles. The maximum absolute atomic E-state index is 5.96. The molecule has 0 aliphatic carbocycles. The highest BCUT2D eigenvalue weighted by molar-refractivity contribution is 6.06. The van der Waals surface area contributed by atoms with E-state index in [9.17, 15) is 0 Å². The molecule has 4 aromatic carbocycles. The van der Waals surface area contributed by atoms with E-state index in [0.717, 1.165) is 34.9 Å². The molecule has 0 N–H and O–H groups in total. The summed E-state index contributed by atoms with van der Waals surface area (Å²) in [7, 11) is 0. The molecule has 152 valence electrons. The van der Waals surface area contributed by atoms with Gasteiger partial charge in [0.15, 0.2) is 0 Å². The number of para-hydroxylation sites is 1. The number of aliphatic imine (C=N–C) groups is 1. The van der Waals surface area contributed by atoms with E-state index in [4.69, 9.17) is 9.73 Å². The number of amidine groups is 1. The van der Waals surface area contributed by atoms with Crippen molar-refractivity contribution >= 4 is 17.2 Å². The first-order chi connectivity index (χ1) is 15.4. The molecule has 1 unspecified atom stereocenters. The lowest BCUT2D eigenvalue weighted by atomic mass is 9.92. The highest BCUT2D eigenvalue weighted by Gasteiger charge is 2.36. The van der Waals surface area contributed by atoms with Crippen LogP contribution in [0.2, 0.25) is 0 Å². The fourth-order valence-corrected chi connectivity index (χ4v) is 3.90. The average molecular weight is 405 g/mol. The van der Waals surface area contributed by atoms with E-state index >= 15 is 0 Å². The van der Waals surface area contributed by atoms with Gasteiger partial charge in [-0.2, -0.15) is 0 Å². The topological polar surface area (TPSA) is 24.8 Å². The highest BCUT2D eigenvalue weighted by Crippen LogP contribution is 2.41. The quantitative estimate of drug-likeness (QED) is 0.347. The molecule has 3 heteroatoms. The lowest BCUT2D eigenvalue weighted by Crippen LogP contribution is -2.46. The van der Waals surface area contributed by atoms with E-state index in [1.54, 1.807) is 0 Å². The second-order valence-electron chi connectivity index (χ2n) is 7.63. The van der Waals surface area contributed by atoms with E-state index in [1.165, 1.54) is 5.56 Å². The molecule has 0 radical (unpaired) electrons. The Morgan fingerprint density at radius 2 is 1.32 bits per heavy atom. The standard InChI is InChI=1S/C28H24N2O/c1-4-10-22(11-5-1)21-31-26-18-16-25(17-19-26)30-27(23-12-6-2-7-13-23)20-28(30)29-24-14-8-3-9-15-24/h1-19,27H,20-21H2. The lowest BCUT2D eigenvalue weighted by molar-refractivity contribution is 0.306. The number of nitrogens with zero attached hydrogens (tertiary/aromatic N) is 2. The molecule has 31 heavy (non-hydrogen) atoms.